The fourth-order valence-electron chi connectivity index (χ4n) is 1.93. The van der Waals surface area contributed by atoms with Crippen molar-refractivity contribution in [1.82, 2.24) is 15.5 Å². The maximum atomic E-state index is 5.94. The van der Waals surface area contributed by atoms with Crippen molar-refractivity contribution >= 4 is 11.6 Å². The lowest BCUT2D eigenvalue weighted by Gasteiger charge is -2.18. The van der Waals surface area contributed by atoms with Gasteiger partial charge in [0, 0.05) is 11.1 Å². The topological polar surface area (TPSA) is 47.0 Å². The van der Waals surface area contributed by atoms with E-state index in [0.29, 0.717) is 5.88 Å². The lowest BCUT2D eigenvalue weighted by molar-refractivity contribution is 0.390. The second kappa shape index (κ2) is 7.22. The number of rotatable bonds is 6. The van der Waals surface area contributed by atoms with Gasteiger partial charge in [0.05, 0.1) is 18.8 Å². The Bertz CT molecular complexity index is 528. The highest BCUT2D eigenvalue weighted by atomic mass is 35.5. The molecule has 2 aromatic rings. The molecule has 5 heteroatoms. The van der Waals surface area contributed by atoms with Crippen molar-refractivity contribution in [3.8, 4) is 5.88 Å². The predicted molar refractivity (Wildman–Crippen MR) is 80.2 cm³/mol. The van der Waals surface area contributed by atoms with Gasteiger partial charge in [-0.1, -0.05) is 30.7 Å². The quantitative estimate of drug-likeness (QED) is 0.888. The van der Waals surface area contributed by atoms with Crippen LogP contribution in [0, 0.1) is 0 Å². The molecule has 0 bridgehead atoms. The van der Waals surface area contributed by atoms with Crippen LogP contribution < -0.4 is 10.1 Å². The molecule has 0 radical (unpaired) electrons. The summed E-state index contributed by atoms with van der Waals surface area (Å²) in [5, 5.41) is 12.5. The summed E-state index contributed by atoms with van der Waals surface area (Å²) in [6.07, 6.45) is 1.05. The summed E-state index contributed by atoms with van der Waals surface area (Å²) in [5.41, 5.74) is 1.98. The number of halogens is 1. The van der Waals surface area contributed by atoms with Gasteiger partial charge in [-0.25, -0.2) is 0 Å². The Morgan fingerprint density at radius 1 is 1.15 bits per heavy atom. The number of nitrogens with one attached hydrogen (secondary N) is 1. The maximum Gasteiger partial charge on any atom is 0.233 e. The third-order valence-electron chi connectivity index (χ3n) is 2.97. The van der Waals surface area contributed by atoms with Crippen LogP contribution in [0.3, 0.4) is 0 Å². The van der Waals surface area contributed by atoms with E-state index in [-0.39, 0.29) is 6.04 Å². The molecule has 0 fully saturated rings. The third-order valence-corrected chi connectivity index (χ3v) is 3.22. The summed E-state index contributed by atoms with van der Waals surface area (Å²) >= 11 is 5.94. The summed E-state index contributed by atoms with van der Waals surface area (Å²) in [6.45, 7) is 3.03. The highest BCUT2D eigenvalue weighted by molar-refractivity contribution is 6.30. The van der Waals surface area contributed by atoms with Gasteiger partial charge in [0.1, 0.15) is 0 Å². The first-order valence-electron chi connectivity index (χ1n) is 6.61. The van der Waals surface area contributed by atoms with Gasteiger partial charge in [-0.3, -0.25) is 0 Å². The molecule has 0 aliphatic heterocycles. The van der Waals surface area contributed by atoms with Crippen LogP contribution in [0.5, 0.6) is 5.88 Å². The van der Waals surface area contributed by atoms with Crippen molar-refractivity contribution in [2.45, 2.75) is 19.4 Å². The maximum absolute atomic E-state index is 5.94. The Balaban J connectivity index is 2.27. The van der Waals surface area contributed by atoms with Crippen LogP contribution in [0.4, 0.5) is 0 Å². The monoisotopic (exact) mass is 291 g/mol. The first-order chi connectivity index (χ1) is 9.74. The minimum Gasteiger partial charge on any atom is -0.480 e. The molecule has 20 heavy (non-hydrogen) atoms. The standard InChI is InChI=1S/C15H18ClN3O/c1-3-10-17-15(11-4-6-12(16)7-5-11)13-8-9-14(20-2)19-18-13/h4-9,15,17H,3,10H2,1-2H3. The molecule has 4 nitrogen and oxygen atoms in total. The molecular formula is C15H18ClN3O. The van der Waals surface area contributed by atoms with Crippen molar-refractivity contribution in [2.75, 3.05) is 13.7 Å². The zero-order valence-electron chi connectivity index (χ0n) is 11.6. The Morgan fingerprint density at radius 3 is 2.45 bits per heavy atom. The molecule has 1 aromatic carbocycles. The first kappa shape index (κ1) is 14.8. The van der Waals surface area contributed by atoms with Crippen LogP contribution >= 0.6 is 11.6 Å². The van der Waals surface area contributed by atoms with Crippen LogP contribution in [-0.2, 0) is 0 Å². The van der Waals surface area contributed by atoms with Gasteiger partial charge >= 0.3 is 0 Å². The van der Waals surface area contributed by atoms with E-state index >= 15 is 0 Å². The van der Waals surface area contributed by atoms with Crippen molar-refractivity contribution in [2.24, 2.45) is 0 Å². The van der Waals surface area contributed by atoms with E-state index in [0.717, 1.165) is 29.2 Å². The van der Waals surface area contributed by atoms with Crippen LogP contribution in [0.1, 0.15) is 30.6 Å². The summed E-state index contributed by atoms with van der Waals surface area (Å²) in [6, 6.07) is 11.5. The molecule has 106 valence electrons. The smallest absolute Gasteiger partial charge is 0.233 e. The Labute approximate surface area is 124 Å². The number of nitrogens with zero attached hydrogens (tertiary/aromatic N) is 2. The van der Waals surface area contributed by atoms with Gasteiger partial charge in [-0.15, -0.1) is 10.2 Å². The number of aromatic nitrogens is 2. The molecule has 0 spiro atoms. The molecule has 1 N–H and O–H groups in total. The fourth-order valence-corrected chi connectivity index (χ4v) is 2.06. The average Bonchev–Trinajstić information content (AvgIpc) is 2.50. The molecule has 2 rings (SSSR count). The molecule has 1 aromatic heterocycles. The summed E-state index contributed by atoms with van der Waals surface area (Å²) in [4.78, 5) is 0. The van der Waals surface area contributed by atoms with Crippen molar-refractivity contribution in [3.05, 3.63) is 52.7 Å². The normalized spacial score (nSPS) is 12.2. The van der Waals surface area contributed by atoms with Gasteiger partial charge in [-0.05, 0) is 36.7 Å². The molecule has 1 heterocycles. The highest BCUT2D eigenvalue weighted by Gasteiger charge is 2.15. The molecule has 0 aliphatic carbocycles. The second-order valence-electron chi connectivity index (χ2n) is 4.44. The second-order valence-corrected chi connectivity index (χ2v) is 4.88. The van der Waals surface area contributed by atoms with E-state index in [1.807, 2.05) is 36.4 Å². The molecule has 1 unspecified atom stereocenters. The molecule has 0 saturated carbocycles. The number of benzene rings is 1. The van der Waals surface area contributed by atoms with Crippen molar-refractivity contribution in [3.63, 3.8) is 0 Å². The SMILES string of the molecule is CCCNC(c1ccc(Cl)cc1)c1ccc(OC)nn1. The summed E-state index contributed by atoms with van der Waals surface area (Å²) in [5.74, 6) is 0.513. The van der Waals surface area contributed by atoms with Gasteiger partial charge in [0.2, 0.25) is 5.88 Å². The lowest BCUT2D eigenvalue weighted by Crippen LogP contribution is -2.24. The summed E-state index contributed by atoms with van der Waals surface area (Å²) < 4.78 is 5.04. The third kappa shape index (κ3) is 3.68. The Hall–Kier alpha value is -1.65. The minimum absolute atomic E-state index is 0.00521. The van der Waals surface area contributed by atoms with Gasteiger partial charge < -0.3 is 10.1 Å². The van der Waals surface area contributed by atoms with Crippen LogP contribution in [0.15, 0.2) is 36.4 Å². The summed E-state index contributed by atoms with van der Waals surface area (Å²) in [7, 11) is 1.58. The van der Waals surface area contributed by atoms with Crippen molar-refractivity contribution < 1.29 is 4.74 Å². The van der Waals surface area contributed by atoms with E-state index in [4.69, 9.17) is 16.3 Å². The number of hydrogen-bond acceptors (Lipinski definition) is 4. The Morgan fingerprint density at radius 2 is 1.90 bits per heavy atom. The van der Waals surface area contributed by atoms with Crippen LogP contribution in [0.2, 0.25) is 5.02 Å². The van der Waals surface area contributed by atoms with Crippen molar-refractivity contribution in [1.29, 1.82) is 0 Å². The molecule has 0 saturated heterocycles. The van der Waals surface area contributed by atoms with Gasteiger partial charge in [0.25, 0.3) is 0 Å². The van der Waals surface area contributed by atoms with E-state index < -0.39 is 0 Å². The predicted octanol–water partition coefficient (Wildman–Crippen LogP) is 3.23. The van der Waals surface area contributed by atoms with E-state index in [1.165, 1.54) is 0 Å². The van der Waals surface area contributed by atoms with Gasteiger partial charge in [-0.2, -0.15) is 0 Å². The highest BCUT2D eigenvalue weighted by Crippen LogP contribution is 2.22. The van der Waals surface area contributed by atoms with Crippen LogP contribution in [-0.4, -0.2) is 23.9 Å². The zero-order valence-corrected chi connectivity index (χ0v) is 12.4. The van der Waals surface area contributed by atoms with Crippen LogP contribution in [0.25, 0.3) is 0 Å². The average molecular weight is 292 g/mol. The zero-order chi connectivity index (χ0) is 14.4. The Kier molecular flexibility index (Phi) is 5.32. The lowest BCUT2D eigenvalue weighted by atomic mass is 10.0. The molecule has 1 atom stereocenters. The largest absolute Gasteiger partial charge is 0.480 e. The first-order valence-corrected chi connectivity index (χ1v) is 6.99. The molecule has 0 aliphatic rings. The molecular weight excluding hydrogens is 274 g/mol. The number of ether oxygens (including phenoxy) is 1. The van der Waals surface area contributed by atoms with E-state index in [1.54, 1.807) is 7.11 Å². The minimum atomic E-state index is 0.00521. The molecule has 0 amide bonds. The van der Waals surface area contributed by atoms with Gasteiger partial charge in [0.15, 0.2) is 0 Å². The number of hydrogen-bond donors (Lipinski definition) is 1. The number of methoxy groups -OCH3 is 1. The fraction of sp³-hybridized carbons (Fsp3) is 0.333. The van der Waals surface area contributed by atoms with E-state index in [9.17, 15) is 0 Å². The van der Waals surface area contributed by atoms with E-state index in [2.05, 4.69) is 22.4 Å².